The molecule has 25 heavy (non-hydrogen) atoms. The third kappa shape index (κ3) is 3.29. The van der Waals surface area contributed by atoms with Crippen LogP contribution in [0.5, 0.6) is 5.75 Å². The van der Waals surface area contributed by atoms with Crippen molar-refractivity contribution in [3.8, 4) is 5.75 Å². The van der Waals surface area contributed by atoms with E-state index in [1.807, 2.05) is 0 Å². The lowest BCUT2D eigenvalue weighted by atomic mass is 10.3. The van der Waals surface area contributed by atoms with Gasteiger partial charge in [-0.1, -0.05) is 23.2 Å². The summed E-state index contributed by atoms with van der Waals surface area (Å²) < 4.78 is 9.75. The number of imidazole rings is 1. The summed E-state index contributed by atoms with van der Waals surface area (Å²) in [7, 11) is 3.31. The fourth-order valence-electron chi connectivity index (χ4n) is 2.59. The molecule has 132 valence electrons. The molecule has 3 aromatic rings. The Morgan fingerprint density at radius 3 is 2.72 bits per heavy atom. The Labute approximate surface area is 153 Å². The minimum atomic E-state index is -0.406. The lowest BCUT2D eigenvalue weighted by Crippen LogP contribution is -2.39. The molecule has 2 heterocycles. The third-order valence-electron chi connectivity index (χ3n) is 3.88. The molecule has 1 aromatic carbocycles. The van der Waals surface area contributed by atoms with Crippen molar-refractivity contribution >= 4 is 34.4 Å². The predicted molar refractivity (Wildman–Crippen MR) is 96.8 cm³/mol. The van der Waals surface area contributed by atoms with Crippen molar-refractivity contribution in [3.63, 3.8) is 0 Å². The first kappa shape index (κ1) is 17.6. The second-order valence-corrected chi connectivity index (χ2v) is 6.45. The summed E-state index contributed by atoms with van der Waals surface area (Å²) in [6.45, 7) is 0.518. The third-order valence-corrected chi connectivity index (χ3v) is 4.43. The summed E-state index contributed by atoms with van der Waals surface area (Å²) >= 11 is 11.9. The van der Waals surface area contributed by atoms with Gasteiger partial charge >= 0.3 is 5.69 Å². The van der Waals surface area contributed by atoms with Gasteiger partial charge in [0.25, 0.3) is 5.56 Å². The fourth-order valence-corrected chi connectivity index (χ4v) is 2.92. The number of nitrogens with zero attached hydrogens (tertiary/aromatic N) is 4. The number of hydrogen-bond donors (Lipinski definition) is 0. The largest absolute Gasteiger partial charge is 0.492 e. The van der Waals surface area contributed by atoms with E-state index in [1.165, 1.54) is 15.5 Å². The van der Waals surface area contributed by atoms with Crippen LogP contribution in [0, 0.1) is 0 Å². The van der Waals surface area contributed by atoms with Gasteiger partial charge in [0.05, 0.1) is 18.0 Å². The molecule has 0 aliphatic heterocycles. The standard InChI is InChI=1S/C16H16Cl2N4O3/c1-20-9-19-14-13(20)15(23)22(16(24)21(14)2)6-3-7-25-12-8-10(17)4-5-11(12)18/h4-5,8-9H,3,6-7H2,1-2H3. The zero-order valence-corrected chi connectivity index (χ0v) is 15.2. The highest BCUT2D eigenvalue weighted by Crippen LogP contribution is 2.27. The zero-order valence-electron chi connectivity index (χ0n) is 13.7. The topological polar surface area (TPSA) is 71.1 Å². The van der Waals surface area contributed by atoms with Crippen LogP contribution in [-0.2, 0) is 20.6 Å². The highest BCUT2D eigenvalue weighted by Gasteiger charge is 2.14. The van der Waals surface area contributed by atoms with Crippen LogP contribution >= 0.6 is 23.2 Å². The van der Waals surface area contributed by atoms with Gasteiger partial charge in [-0.25, -0.2) is 9.78 Å². The van der Waals surface area contributed by atoms with Crippen molar-refractivity contribution in [2.45, 2.75) is 13.0 Å². The van der Waals surface area contributed by atoms with Crippen molar-refractivity contribution < 1.29 is 4.74 Å². The molecule has 0 amide bonds. The van der Waals surface area contributed by atoms with Gasteiger partial charge < -0.3 is 9.30 Å². The van der Waals surface area contributed by atoms with E-state index < -0.39 is 5.69 Å². The molecular formula is C16H16Cl2N4O3. The van der Waals surface area contributed by atoms with Gasteiger partial charge in [0, 0.05) is 31.7 Å². The summed E-state index contributed by atoms with van der Waals surface area (Å²) in [4.78, 5) is 29.0. The number of aryl methyl sites for hydroxylation is 2. The molecule has 0 atom stereocenters. The molecule has 3 rings (SSSR count). The summed E-state index contributed by atoms with van der Waals surface area (Å²) in [5.41, 5.74) is -0.00695. The average Bonchev–Trinajstić information content (AvgIpc) is 2.97. The Hall–Kier alpha value is -2.25. The van der Waals surface area contributed by atoms with E-state index in [4.69, 9.17) is 27.9 Å². The van der Waals surface area contributed by atoms with Gasteiger partial charge in [0.2, 0.25) is 0 Å². The molecule has 0 bridgehead atoms. The minimum Gasteiger partial charge on any atom is -0.492 e. The van der Waals surface area contributed by atoms with E-state index in [-0.39, 0.29) is 12.1 Å². The minimum absolute atomic E-state index is 0.227. The number of aromatic nitrogens is 4. The van der Waals surface area contributed by atoms with E-state index in [9.17, 15) is 9.59 Å². The summed E-state index contributed by atoms with van der Waals surface area (Å²) in [6.07, 6.45) is 1.97. The van der Waals surface area contributed by atoms with Crippen molar-refractivity contribution in [3.05, 3.63) is 55.4 Å². The van der Waals surface area contributed by atoms with Crippen LogP contribution in [0.3, 0.4) is 0 Å². The van der Waals surface area contributed by atoms with Crippen LogP contribution in [-0.4, -0.2) is 25.3 Å². The van der Waals surface area contributed by atoms with Crippen LogP contribution < -0.4 is 16.0 Å². The summed E-state index contributed by atoms with van der Waals surface area (Å²) in [5, 5.41) is 0.972. The normalized spacial score (nSPS) is 11.2. The molecule has 0 saturated heterocycles. The Morgan fingerprint density at radius 1 is 1.20 bits per heavy atom. The molecular weight excluding hydrogens is 367 g/mol. The van der Waals surface area contributed by atoms with Gasteiger partial charge in [-0.15, -0.1) is 0 Å². The molecule has 0 radical (unpaired) electrons. The van der Waals surface area contributed by atoms with Gasteiger partial charge in [0.15, 0.2) is 11.2 Å². The Bertz CT molecular complexity index is 1050. The number of rotatable bonds is 5. The second-order valence-electron chi connectivity index (χ2n) is 5.60. The molecule has 0 saturated carbocycles. The lowest BCUT2D eigenvalue weighted by Gasteiger charge is -2.10. The number of ether oxygens (including phenoxy) is 1. The Morgan fingerprint density at radius 2 is 1.96 bits per heavy atom. The molecule has 7 nitrogen and oxygen atoms in total. The van der Waals surface area contributed by atoms with Gasteiger partial charge in [-0.05, 0) is 18.6 Å². The maximum atomic E-state index is 12.6. The second kappa shape index (κ2) is 6.93. The van der Waals surface area contributed by atoms with E-state index >= 15 is 0 Å². The van der Waals surface area contributed by atoms with E-state index in [0.717, 1.165) is 0 Å². The molecule has 0 fully saturated rings. The maximum Gasteiger partial charge on any atom is 0.332 e. The molecule has 0 spiro atoms. The fraction of sp³-hybridized carbons (Fsp3) is 0.312. The highest BCUT2D eigenvalue weighted by molar-refractivity contribution is 6.34. The molecule has 9 heteroatoms. The van der Waals surface area contributed by atoms with E-state index in [2.05, 4.69) is 4.98 Å². The molecule has 0 aliphatic rings. The number of hydrogen-bond acceptors (Lipinski definition) is 4. The maximum absolute atomic E-state index is 12.6. The van der Waals surface area contributed by atoms with E-state index in [1.54, 1.807) is 36.9 Å². The highest BCUT2D eigenvalue weighted by atomic mass is 35.5. The summed E-state index contributed by atoms with van der Waals surface area (Å²) in [5.74, 6) is 0.469. The average molecular weight is 383 g/mol. The van der Waals surface area contributed by atoms with Crippen LogP contribution in [0.15, 0.2) is 34.1 Å². The molecule has 0 aliphatic carbocycles. The van der Waals surface area contributed by atoms with Gasteiger partial charge in [-0.3, -0.25) is 13.9 Å². The Balaban J connectivity index is 1.78. The van der Waals surface area contributed by atoms with Gasteiger partial charge in [-0.2, -0.15) is 0 Å². The first-order chi connectivity index (χ1) is 11.9. The Kier molecular flexibility index (Phi) is 4.87. The monoisotopic (exact) mass is 382 g/mol. The van der Waals surface area contributed by atoms with Crippen molar-refractivity contribution in [2.24, 2.45) is 14.1 Å². The molecule has 2 aromatic heterocycles. The van der Waals surface area contributed by atoms with Crippen molar-refractivity contribution in [2.75, 3.05) is 6.61 Å². The molecule has 0 unspecified atom stereocenters. The number of benzene rings is 1. The lowest BCUT2D eigenvalue weighted by molar-refractivity contribution is 0.299. The van der Waals surface area contributed by atoms with Crippen molar-refractivity contribution in [1.82, 2.24) is 18.7 Å². The summed E-state index contributed by atoms with van der Waals surface area (Å²) in [6, 6.07) is 4.94. The number of fused-ring (bicyclic) bond motifs is 1. The van der Waals surface area contributed by atoms with Crippen LogP contribution in [0.4, 0.5) is 0 Å². The van der Waals surface area contributed by atoms with E-state index in [0.29, 0.717) is 40.0 Å². The first-order valence-electron chi connectivity index (χ1n) is 7.59. The van der Waals surface area contributed by atoms with Crippen LogP contribution in [0.1, 0.15) is 6.42 Å². The van der Waals surface area contributed by atoms with Crippen LogP contribution in [0.25, 0.3) is 11.2 Å². The smallest absolute Gasteiger partial charge is 0.332 e. The predicted octanol–water partition coefficient (Wildman–Crippen LogP) is 2.21. The SMILES string of the molecule is Cn1cnc2c1c(=O)n(CCCOc1cc(Cl)ccc1Cl)c(=O)n2C. The number of halogens is 2. The van der Waals surface area contributed by atoms with Crippen LogP contribution in [0.2, 0.25) is 10.0 Å². The molecule has 0 N–H and O–H groups in total. The van der Waals surface area contributed by atoms with Crippen molar-refractivity contribution in [1.29, 1.82) is 0 Å². The zero-order chi connectivity index (χ0) is 18.1. The first-order valence-corrected chi connectivity index (χ1v) is 8.34. The van der Waals surface area contributed by atoms with Gasteiger partial charge in [0.1, 0.15) is 5.75 Å². The quantitative estimate of drug-likeness (QED) is 0.634.